The van der Waals surface area contributed by atoms with E-state index in [4.69, 9.17) is 9.84 Å². The third-order valence-electron chi connectivity index (χ3n) is 4.14. The first-order valence-corrected chi connectivity index (χ1v) is 7.70. The van der Waals surface area contributed by atoms with Gasteiger partial charge in [-0.3, -0.25) is 4.79 Å². The molecule has 1 saturated carbocycles. The van der Waals surface area contributed by atoms with E-state index in [0.717, 1.165) is 29.5 Å². The molecular weight excluding hydrogens is 268 g/mol. The molecule has 116 valence electrons. The first-order chi connectivity index (χ1) is 10.1. The zero-order chi connectivity index (χ0) is 15.2. The predicted octanol–water partition coefficient (Wildman–Crippen LogP) is 2.83. The van der Waals surface area contributed by atoms with Gasteiger partial charge >= 0.3 is 5.97 Å². The van der Waals surface area contributed by atoms with Crippen molar-refractivity contribution in [3.63, 3.8) is 0 Å². The number of aliphatic hydroxyl groups excluding tert-OH is 1. The largest absolute Gasteiger partial charge is 0.507 e. The topological polar surface area (TPSA) is 66.8 Å². The van der Waals surface area contributed by atoms with Crippen molar-refractivity contribution in [3.8, 4) is 5.75 Å². The second-order valence-electron chi connectivity index (χ2n) is 5.81. The van der Waals surface area contributed by atoms with E-state index in [2.05, 4.69) is 0 Å². The van der Waals surface area contributed by atoms with Crippen molar-refractivity contribution in [2.45, 2.75) is 51.4 Å². The number of hydrogen-bond acceptors (Lipinski definition) is 4. The SMILES string of the molecule is Cc1cc(CC(=O)OCCO)cc(C2CCCCC2)c1O. The maximum absolute atomic E-state index is 11.7. The summed E-state index contributed by atoms with van der Waals surface area (Å²) in [7, 11) is 0. The van der Waals surface area contributed by atoms with Gasteiger partial charge in [-0.1, -0.05) is 31.4 Å². The van der Waals surface area contributed by atoms with Gasteiger partial charge in [0.1, 0.15) is 12.4 Å². The molecule has 0 bridgehead atoms. The second-order valence-corrected chi connectivity index (χ2v) is 5.81. The van der Waals surface area contributed by atoms with Crippen LogP contribution in [0.1, 0.15) is 54.7 Å². The Balaban J connectivity index is 2.15. The lowest BCUT2D eigenvalue weighted by Gasteiger charge is -2.24. The van der Waals surface area contributed by atoms with Crippen LogP contribution in [0.4, 0.5) is 0 Å². The number of phenols is 1. The number of esters is 1. The number of phenolic OH excluding ortho intramolecular Hbond substituents is 1. The fraction of sp³-hybridized carbons (Fsp3) is 0.588. The minimum atomic E-state index is -0.344. The van der Waals surface area contributed by atoms with E-state index in [1.165, 1.54) is 19.3 Å². The van der Waals surface area contributed by atoms with Gasteiger partial charge in [0.2, 0.25) is 0 Å². The van der Waals surface area contributed by atoms with Gasteiger partial charge in [-0.2, -0.15) is 0 Å². The minimum Gasteiger partial charge on any atom is -0.507 e. The summed E-state index contributed by atoms with van der Waals surface area (Å²) in [6.07, 6.45) is 6.05. The van der Waals surface area contributed by atoms with E-state index in [-0.39, 0.29) is 25.6 Å². The van der Waals surface area contributed by atoms with Crippen LogP contribution in [0.2, 0.25) is 0 Å². The first kappa shape index (κ1) is 15.8. The molecule has 0 atom stereocenters. The van der Waals surface area contributed by atoms with E-state index < -0.39 is 0 Å². The molecule has 2 N–H and O–H groups in total. The minimum absolute atomic E-state index is 0.0331. The number of benzene rings is 1. The Kier molecular flexibility index (Phi) is 5.62. The molecule has 1 aromatic rings. The van der Waals surface area contributed by atoms with E-state index in [1.807, 2.05) is 19.1 Å². The van der Waals surface area contributed by atoms with Gasteiger partial charge in [0, 0.05) is 0 Å². The monoisotopic (exact) mass is 292 g/mol. The molecular formula is C17H24O4. The Bertz CT molecular complexity index is 490. The molecule has 1 aliphatic rings. The second kappa shape index (κ2) is 7.46. The van der Waals surface area contributed by atoms with Crippen LogP contribution in [0.25, 0.3) is 0 Å². The number of rotatable bonds is 5. The fourth-order valence-corrected chi connectivity index (χ4v) is 3.09. The Hall–Kier alpha value is -1.55. The smallest absolute Gasteiger partial charge is 0.310 e. The van der Waals surface area contributed by atoms with Crippen LogP contribution >= 0.6 is 0 Å². The highest BCUT2D eigenvalue weighted by Crippen LogP contribution is 2.39. The number of hydrogen-bond donors (Lipinski definition) is 2. The molecule has 1 aromatic carbocycles. The quantitative estimate of drug-likeness (QED) is 0.819. The number of aliphatic hydroxyl groups is 1. The van der Waals surface area contributed by atoms with Crippen LogP contribution in [0.5, 0.6) is 5.75 Å². The zero-order valence-corrected chi connectivity index (χ0v) is 12.6. The standard InChI is InChI=1S/C17H24O4/c1-12-9-13(11-16(19)21-8-7-18)10-15(17(12)20)14-5-3-2-4-6-14/h9-10,14,18,20H,2-8,11H2,1H3. The average Bonchev–Trinajstić information content (AvgIpc) is 2.49. The lowest BCUT2D eigenvalue weighted by Crippen LogP contribution is -2.12. The average molecular weight is 292 g/mol. The Labute approximate surface area is 125 Å². The van der Waals surface area contributed by atoms with E-state index >= 15 is 0 Å². The lowest BCUT2D eigenvalue weighted by molar-refractivity contribution is -0.143. The summed E-state index contributed by atoms with van der Waals surface area (Å²) in [5, 5.41) is 19.0. The van der Waals surface area contributed by atoms with Crippen molar-refractivity contribution in [1.29, 1.82) is 0 Å². The number of aromatic hydroxyl groups is 1. The summed E-state index contributed by atoms with van der Waals surface area (Å²) in [4.78, 5) is 11.7. The Morgan fingerprint density at radius 2 is 2.00 bits per heavy atom. The number of ether oxygens (including phenoxy) is 1. The van der Waals surface area contributed by atoms with E-state index in [0.29, 0.717) is 11.7 Å². The van der Waals surface area contributed by atoms with Gasteiger partial charge in [0.25, 0.3) is 0 Å². The molecule has 1 aliphatic carbocycles. The van der Waals surface area contributed by atoms with Crippen molar-refractivity contribution in [3.05, 3.63) is 28.8 Å². The molecule has 2 rings (SSSR count). The zero-order valence-electron chi connectivity index (χ0n) is 12.6. The lowest BCUT2D eigenvalue weighted by atomic mass is 9.82. The normalized spacial score (nSPS) is 15.9. The van der Waals surface area contributed by atoms with Crippen LogP contribution in [0.3, 0.4) is 0 Å². The van der Waals surface area contributed by atoms with E-state index in [1.54, 1.807) is 0 Å². The molecule has 0 radical (unpaired) electrons. The molecule has 21 heavy (non-hydrogen) atoms. The van der Waals surface area contributed by atoms with Gasteiger partial charge in [0.15, 0.2) is 0 Å². The molecule has 0 heterocycles. The van der Waals surface area contributed by atoms with Crippen LogP contribution in [0, 0.1) is 6.92 Å². The van der Waals surface area contributed by atoms with Crippen LogP contribution in [0.15, 0.2) is 12.1 Å². The maximum Gasteiger partial charge on any atom is 0.310 e. The first-order valence-electron chi connectivity index (χ1n) is 7.70. The van der Waals surface area contributed by atoms with Crippen molar-refractivity contribution >= 4 is 5.97 Å². The highest BCUT2D eigenvalue weighted by molar-refractivity contribution is 5.73. The van der Waals surface area contributed by atoms with Gasteiger partial charge < -0.3 is 14.9 Å². The van der Waals surface area contributed by atoms with Gasteiger partial charge in [-0.05, 0) is 42.4 Å². The predicted molar refractivity (Wildman–Crippen MR) is 80.4 cm³/mol. The summed E-state index contributed by atoms with van der Waals surface area (Å²) in [6, 6.07) is 3.78. The van der Waals surface area contributed by atoms with Crippen molar-refractivity contribution in [1.82, 2.24) is 0 Å². The number of carbonyl (C=O) groups excluding carboxylic acids is 1. The molecule has 4 nitrogen and oxygen atoms in total. The van der Waals surface area contributed by atoms with Crippen molar-refractivity contribution < 1.29 is 19.7 Å². The van der Waals surface area contributed by atoms with Gasteiger partial charge in [0.05, 0.1) is 13.0 Å². The molecule has 0 unspecified atom stereocenters. The molecule has 0 aromatic heterocycles. The molecule has 1 fully saturated rings. The van der Waals surface area contributed by atoms with Gasteiger partial charge in [-0.15, -0.1) is 0 Å². The Morgan fingerprint density at radius 3 is 2.67 bits per heavy atom. The van der Waals surface area contributed by atoms with Crippen molar-refractivity contribution in [2.75, 3.05) is 13.2 Å². The third kappa shape index (κ3) is 4.21. The van der Waals surface area contributed by atoms with Gasteiger partial charge in [-0.25, -0.2) is 0 Å². The fourth-order valence-electron chi connectivity index (χ4n) is 3.09. The Morgan fingerprint density at radius 1 is 1.29 bits per heavy atom. The number of aryl methyl sites for hydroxylation is 1. The highest BCUT2D eigenvalue weighted by Gasteiger charge is 2.20. The van der Waals surface area contributed by atoms with Crippen LogP contribution < -0.4 is 0 Å². The van der Waals surface area contributed by atoms with Crippen molar-refractivity contribution in [2.24, 2.45) is 0 Å². The maximum atomic E-state index is 11.7. The van der Waals surface area contributed by atoms with Crippen LogP contribution in [-0.2, 0) is 16.0 Å². The summed E-state index contributed by atoms with van der Waals surface area (Å²) < 4.78 is 4.90. The molecule has 4 heteroatoms. The molecule has 0 saturated heterocycles. The molecule has 0 spiro atoms. The summed E-state index contributed by atoms with van der Waals surface area (Å²) in [5.74, 6) is 0.420. The summed E-state index contributed by atoms with van der Waals surface area (Å²) in [6.45, 7) is 1.74. The van der Waals surface area contributed by atoms with E-state index in [9.17, 15) is 9.90 Å². The molecule has 0 aliphatic heterocycles. The highest BCUT2D eigenvalue weighted by atomic mass is 16.5. The molecule has 0 amide bonds. The summed E-state index contributed by atoms with van der Waals surface area (Å²) >= 11 is 0. The number of carbonyl (C=O) groups is 1. The third-order valence-corrected chi connectivity index (χ3v) is 4.14. The summed E-state index contributed by atoms with van der Waals surface area (Å²) in [5.41, 5.74) is 2.65. The van der Waals surface area contributed by atoms with Crippen LogP contribution in [-0.4, -0.2) is 29.4 Å².